The van der Waals surface area contributed by atoms with E-state index in [1.54, 1.807) is 19.2 Å². The maximum absolute atomic E-state index is 5.88. The molecule has 2 aromatic rings. The topological polar surface area (TPSA) is 63.8 Å². The van der Waals surface area contributed by atoms with Gasteiger partial charge >= 0.3 is 0 Å². The summed E-state index contributed by atoms with van der Waals surface area (Å²) in [7, 11) is 0. The van der Waals surface area contributed by atoms with E-state index in [0.29, 0.717) is 16.9 Å². The number of aromatic nitrogens is 3. The number of aryl methyl sites for hydroxylation is 1. The van der Waals surface area contributed by atoms with Crippen LogP contribution in [0.2, 0.25) is 5.15 Å². The molecule has 0 aliphatic rings. The molecule has 0 aliphatic heterocycles. The van der Waals surface area contributed by atoms with Crippen LogP contribution in [0.1, 0.15) is 19.7 Å². The van der Waals surface area contributed by atoms with E-state index >= 15 is 0 Å². The van der Waals surface area contributed by atoms with Crippen molar-refractivity contribution >= 4 is 17.3 Å². The third kappa shape index (κ3) is 2.74. The van der Waals surface area contributed by atoms with Gasteiger partial charge in [0.15, 0.2) is 5.82 Å². The van der Waals surface area contributed by atoms with Crippen LogP contribution in [0.25, 0.3) is 11.5 Å². The summed E-state index contributed by atoms with van der Waals surface area (Å²) in [5.74, 6) is 1.03. The summed E-state index contributed by atoms with van der Waals surface area (Å²) in [6.45, 7) is 5.85. The standard InChI is InChI=1S/C11H13ClN4O/c1-6(2)14-9-4-10(12)13-5-8(9)11-15-7(3)16-17-11/h4-6H,1-3H3,(H,13,14). The van der Waals surface area contributed by atoms with Crippen molar-refractivity contribution in [2.75, 3.05) is 5.32 Å². The largest absolute Gasteiger partial charge is 0.382 e. The van der Waals surface area contributed by atoms with Crippen molar-refractivity contribution in [3.63, 3.8) is 0 Å². The summed E-state index contributed by atoms with van der Waals surface area (Å²) < 4.78 is 5.13. The van der Waals surface area contributed by atoms with Gasteiger partial charge < -0.3 is 9.84 Å². The monoisotopic (exact) mass is 252 g/mol. The number of rotatable bonds is 3. The minimum Gasteiger partial charge on any atom is -0.382 e. The van der Waals surface area contributed by atoms with Gasteiger partial charge in [0.2, 0.25) is 0 Å². The van der Waals surface area contributed by atoms with Gasteiger partial charge in [0, 0.05) is 12.2 Å². The molecule has 0 aromatic carbocycles. The van der Waals surface area contributed by atoms with E-state index in [1.165, 1.54) is 0 Å². The molecule has 0 fully saturated rings. The van der Waals surface area contributed by atoms with Gasteiger partial charge in [-0.05, 0) is 26.8 Å². The molecule has 0 saturated heterocycles. The average molecular weight is 253 g/mol. The minimum absolute atomic E-state index is 0.274. The Hall–Kier alpha value is -1.62. The highest BCUT2D eigenvalue weighted by molar-refractivity contribution is 6.29. The SMILES string of the molecule is Cc1noc(-c2cnc(Cl)cc2NC(C)C)n1. The summed E-state index contributed by atoms with van der Waals surface area (Å²) in [5, 5.41) is 7.45. The van der Waals surface area contributed by atoms with Crippen molar-refractivity contribution in [2.24, 2.45) is 0 Å². The number of halogens is 1. The van der Waals surface area contributed by atoms with Gasteiger partial charge in [-0.1, -0.05) is 16.8 Å². The molecule has 0 unspecified atom stereocenters. The van der Waals surface area contributed by atoms with Crippen LogP contribution in [-0.2, 0) is 0 Å². The van der Waals surface area contributed by atoms with Crippen LogP contribution in [0, 0.1) is 6.92 Å². The Bertz CT molecular complexity index is 524. The van der Waals surface area contributed by atoms with Crippen molar-refractivity contribution in [3.05, 3.63) is 23.2 Å². The van der Waals surface area contributed by atoms with Crippen LogP contribution in [-0.4, -0.2) is 21.2 Å². The van der Waals surface area contributed by atoms with E-state index in [2.05, 4.69) is 20.4 Å². The lowest BCUT2D eigenvalue weighted by Crippen LogP contribution is -2.10. The Morgan fingerprint density at radius 2 is 2.18 bits per heavy atom. The molecule has 5 nitrogen and oxygen atoms in total. The Morgan fingerprint density at radius 3 is 2.76 bits per heavy atom. The zero-order valence-corrected chi connectivity index (χ0v) is 10.6. The van der Waals surface area contributed by atoms with Gasteiger partial charge in [-0.3, -0.25) is 0 Å². The van der Waals surface area contributed by atoms with Gasteiger partial charge in [0.05, 0.1) is 11.3 Å². The van der Waals surface area contributed by atoms with E-state index in [4.69, 9.17) is 16.1 Å². The van der Waals surface area contributed by atoms with Crippen LogP contribution >= 0.6 is 11.6 Å². The number of hydrogen-bond donors (Lipinski definition) is 1. The molecular weight excluding hydrogens is 240 g/mol. The number of anilines is 1. The van der Waals surface area contributed by atoms with Crippen LogP contribution in [0.5, 0.6) is 0 Å². The molecule has 2 aromatic heterocycles. The Kier molecular flexibility index (Phi) is 3.28. The number of hydrogen-bond acceptors (Lipinski definition) is 5. The number of nitrogens with one attached hydrogen (secondary N) is 1. The van der Waals surface area contributed by atoms with E-state index in [1.807, 2.05) is 13.8 Å². The summed E-state index contributed by atoms with van der Waals surface area (Å²) in [6, 6.07) is 2.02. The average Bonchev–Trinajstić information content (AvgIpc) is 2.64. The molecule has 6 heteroatoms. The Labute approximate surface area is 104 Å². The second-order valence-corrected chi connectivity index (χ2v) is 4.39. The second-order valence-electron chi connectivity index (χ2n) is 4.00. The van der Waals surface area contributed by atoms with Crippen LogP contribution in [0.15, 0.2) is 16.8 Å². The highest BCUT2D eigenvalue weighted by Gasteiger charge is 2.13. The number of nitrogens with zero attached hydrogens (tertiary/aromatic N) is 3. The van der Waals surface area contributed by atoms with Crippen molar-refractivity contribution in [3.8, 4) is 11.5 Å². The van der Waals surface area contributed by atoms with E-state index in [-0.39, 0.29) is 6.04 Å². The normalized spacial score (nSPS) is 10.9. The Balaban J connectivity index is 2.45. The first-order chi connectivity index (χ1) is 8.06. The Morgan fingerprint density at radius 1 is 1.41 bits per heavy atom. The molecule has 0 atom stereocenters. The lowest BCUT2D eigenvalue weighted by molar-refractivity contribution is 0.425. The van der Waals surface area contributed by atoms with Crippen LogP contribution in [0.4, 0.5) is 5.69 Å². The first kappa shape index (κ1) is 11.9. The molecule has 2 heterocycles. The van der Waals surface area contributed by atoms with Gasteiger partial charge in [-0.2, -0.15) is 4.98 Å². The fourth-order valence-corrected chi connectivity index (χ4v) is 1.60. The third-order valence-electron chi connectivity index (χ3n) is 2.07. The second kappa shape index (κ2) is 4.71. The smallest absolute Gasteiger partial charge is 0.261 e. The molecule has 17 heavy (non-hydrogen) atoms. The zero-order chi connectivity index (χ0) is 12.4. The fourth-order valence-electron chi connectivity index (χ4n) is 1.44. The van der Waals surface area contributed by atoms with Crippen LogP contribution in [0.3, 0.4) is 0 Å². The first-order valence-corrected chi connectivity index (χ1v) is 5.67. The summed E-state index contributed by atoms with van der Waals surface area (Å²) >= 11 is 5.88. The maximum atomic E-state index is 5.88. The van der Waals surface area contributed by atoms with Gasteiger partial charge in [0.1, 0.15) is 5.15 Å². The first-order valence-electron chi connectivity index (χ1n) is 5.29. The highest BCUT2D eigenvalue weighted by atomic mass is 35.5. The van der Waals surface area contributed by atoms with E-state index in [0.717, 1.165) is 11.3 Å². The summed E-state index contributed by atoms with van der Waals surface area (Å²) in [6.07, 6.45) is 1.62. The molecule has 1 N–H and O–H groups in total. The fraction of sp³-hybridized carbons (Fsp3) is 0.364. The molecule has 0 spiro atoms. The van der Waals surface area contributed by atoms with Gasteiger partial charge in [0.25, 0.3) is 5.89 Å². The third-order valence-corrected chi connectivity index (χ3v) is 2.28. The maximum Gasteiger partial charge on any atom is 0.261 e. The zero-order valence-electron chi connectivity index (χ0n) is 9.86. The van der Waals surface area contributed by atoms with Crippen molar-refractivity contribution in [2.45, 2.75) is 26.8 Å². The molecule has 2 rings (SSSR count). The lowest BCUT2D eigenvalue weighted by atomic mass is 10.2. The van der Waals surface area contributed by atoms with E-state index in [9.17, 15) is 0 Å². The van der Waals surface area contributed by atoms with Crippen molar-refractivity contribution in [1.29, 1.82) is 0 Å². The lowest BCUT2D eigenvalue weighted by Gasteiger charge is -2.12. The van der Waals surface area contributed by atoms with E-state index < -0.39 is 0 Å². The molecule has 0 radical (unpaired) electrons. The molecular formula is C11H13ClN4O. The van der Waals surface area contributed by atoms with Crippen molar-refractivity contribution in [1.82, 2.24) is 15.1 Å². The predicted octanol–water partition coefficient (Wildman–Crippen LogP) is 2.91. The van der Waals surface area contributed by atoms with Crippen molar-refractivity contribution < 1.29 is 4.52 Å². The predicted molar refractivity (Wildman–Crippen MR) is 66.0 cm³/mol. The van der Waals surface area contributed by atoms with Crippen LogP contribution < -0.4 is 5.32 Å². The number of pyridine rings is 1. The molecule has 0 aliphatic carbocycles. The summed E-state index contributed by atoms with van der Waals surface area (Å²) in [4.78, 5) is 8.21. The molecule has 0 saturated carbocycles. The quantitative estimate of drug-likeness (QED) is 0.851. The molecule has 0 bridgehead atoms. The van der Waals surface area contributed by atoms with Gasteiger partial charge in [-0.15, -0.1) is 0 Å². The molecule has 0 amide bonds. The highest BCUT2D eigenvalue weighted by Crippen LogP contribution is 2.28. The summed E-state index contributed by atoms with van der Waals surface area (Å²) in [5.41, 5.74) is 1.59. The minimum atomic E-state index is 0.274. The molecule has 90 valence electrons. The van der Waals surface area contributed by atoms with Gasteiger partial charge in [-0.25, -0.2) is 4.98 Å².